The van der Waals surface area contributed by atoms with Crippen LogP contribution in [0.2, 0.25) is 0 Å². The van der Waals surface area contributed by atoms with Gasteiger partial charge in [0, 0.05) is 27.3 Å². The Labute approximate surface area is 112 Å². The van der Waals surface area contributed by atoms with Gasteiger partial charge in [0.1, 0.15) is 12.4 Å². The normalized spacial score (nSPS) is 10.7. The molecule has 0 aliphatic rings. The predicted molar refractivity (Wildman–Crippen MR) is 73.2 cm³/mol. The lowest BCUT2D eigenvalue weighted by atomic mass is 10.1. The van der Waals surface area contributed by atoms with E-state index in [9.17, 15) is 10.1 Å². The monoisotopic (exact) mass is 266 g/mol. The smallest absolute Gasteiger partial charge is 0.276 e. The van der Waals surface area contributed by atoms with Crippen LogP contribution in [-0.2, 0) is 4.74 Å². The first kappa shape index (κ1) is 15.0. The maximum Gasteiger partial charge on any atom is 0.276 e. The Morgan fingerprint density at radius 1 is 1.37 bits per heavy atom. The number of nitro groups is 1. The Balaban J connectivity index is 2.94. The van der Waals surface area contributed by atoms with E-state index in [1.165, 1.54) is 6.07 Å². The Morgan fingerprint density at radius 3 is 2.68 bits per heavy atom. The second-order valence-electron chi connectivity index (χ2n) is 4.10. The van der Waals surface area contributed by atoms with Crippen molar-refractivity contribution in [2.45, 2.75) is 0 Å². The van der Waals surface area contributed by atoms with Gasteiger partial charge in [0.05, 0.1) is 17.1 Å². The van der Waals surface area contributed by atoms with Gasteiger partial charge in [0.25, 0.3) is 5.69 Å². The molecule has 0 radical (unpaired) electrons. The van der Waals surface area contributed by atoms with Crippen LogP contribution in [0.3, 0.4) is 0 Å². The summed E-state index contributed by atoms with van der Waals surface area (Å²) in [5.74, 6) is 0.584. The van der Waals surface area contributed by atoms with Crippen molar-refractivity contribution in [3.05, 3.63) is 40.1 Å². The first-order valence-electron chi connectivity index (χ1n) is 5.79. The summed E-state index contributed by atoms with van der Waals surface area (Å²) in [5, 5.41) is 10.9. The van der Waals surface area contributed by atoms with E-state index < -0.39 is 4.92 Å². The standard InChI is InChI=1S/C13H18N2O4/c1-14(2)7-6-11-10-12(19-9-8-18-3)4-5-13(11)15(16)17/h4-7,10H,8-9H2,1-3H3/b7-6+. The average molecular weight is 266 g/mol. The summed E-state index contributed by atoms with van der Waals surface area (Å²) in [6.45, 7) is 0.880. The third-order valence-electron chi connectivity index (χ3n) is 2.30. The van der Waals surface area contributed by atoms with Crippen molar-refractivity contribution in [2.75, 3.05) is 34.4 Å². The fraction of sp³-hybridized carbons (Fsp3) is 0.385. The first-order chi connectivity index (χ1) is 9.04. The highest BCUT2D eigenvalue weighted by Gasteiger charge is 2.12. The summed E-state index contributed by atoms with van der Waals surface area (Å²) in [4.78, 5) is 12.3. The molecule has 0 spiro atoms. The summed E-state index contributed by atoms with van der Waals surface area (Å²) in [6, 6.07) is 4.67. The molecule has 6 nitrogen and oxygen atoms in total. The molecule has 0 heterocycles. The molecule has 104 valence electrons. The quantitative estimate of drug-likeness (QED) is 0.430. The number of hydrogen-bond donors (Lipinski definition) is 0. The zero-order valence-corrected chi connectivity index (χ0v) is 11.3. The number of benzene rings is 1. The van der Waals surface area contributed by atoms with E-state index in [1.807, 2.05) is 19.0 Å². The van der Waals surface area contributed by atoms with Gasteiger partial charge in [-0.3, -0.25) is 10.1 Å². The molecular weight excluding hydrogens is 248 g/mol. The highest BCUT2D eigenvalue weighted by molar-refractivity contribution is 5.62. The molecule has 0 bridgehead atoms. The lowest BCUT2D eigenvalue weighted by molar-refractivity contribution is -0.385. The van der Waals surface area contributed by atoms with Crippen LogP contribution < -0.4 is 4.74 Å². The van der Waals surface area contributed by atoms with Gasteiger partial charge in [0.2, 0.25) is 0 Å². The Hall–Kier alpha value is -2.08. The number of methoxy groups -OCH3 is 1. The van der Waals surface area contributed by atoms with Crippen molar-refractivity contribution in [3.8, 4) is 5.75 Å². The molecule has 0 saturated heterocycles. The van der Waals surface area contributed by atoms with Gasteiger partial charge < -0.3 is 14.4 Å². The summed E-state index contributed by atoms with van der Waals surface area (Å²) < 4.78 is 10.3. The topological polar surface area (TPSA) is 64.8 Å². The van der Waals surface area contributed by atoms with Gasteiger partial charge >= 0.3 is 0 Å². The van der Waals surface area contributed by atoms with E-state index in [2.05, 4.69) is 0 Å². The number of nitro benzene ring substituents is 1. The third kappa shape index (κ3) is 4.97. The molecule has 0 fully saturated rings. The molecule has 0 unspecified atom stereocenters. The van der Waals surface area contributed by atoms with Gasteiger partial charge in [-0.25, -0.2) is 0 Å². The molecule has 0 aliphatic heterocycles. The zero-order chi connectivity index (χ0) is 14.3. The largest absolute Gasteiger partial charge is 0.491 e. The van der Waals surface area contributed by atoms with Crippen LogP contribution in [0, 0.1) is 10.1 Å². The van der Waals surface area contributed by atoms with Crippen molar-refractivity contribution in [1.29, 1.82) is 0 Å². The minimum atomic E-state index is -0.408. The highest BCUT2D eigenvalue weighted by atomic mass is 16.6. The molecule has 0 amide bonds. The van der Waals surface area contributed by atoms with Crippen LogP contribution in [0.4, 0.5) is 5.69 Å². The third-order valence-corrected chi connectivity index (χ3v) is 2.30. The minimum Gasteiger partial charge on any atom is -0.491 e. The maximum atomic E-state index is 10.9. The van der Waals surface area contributed by atoms with Crippen molar-refractivity contribution >= 4 is 11.8 Å². The highest BCUT2D eigenvalue weighted by Crippen LogP contribution is 2.25. The van der Waals surface area contributed by atoms with E-state index in [0.717, 1.165) is 0 Å². The van der Waals surface area contributed by atoms with E-state index in [0.29, 0.717) is 24.5 Å². The number of hydrogen-bond acceptors (Lipinski definition) is 5. The summed E-state index contributed by atoms with van der Waals surface area (Å²) in [6.07, 6.45) is 3.43. The summed E-state index contributed by atoms with van der Waals surface area (Å²) in [7, 11) is 5.28. The number of nitrogens with zero attached hydrogens (tertiary/aromatic N) is 2. The van der Waals surface area contributed by atoms with Crippen LogP contribution in [0.1, 0.15) is 5.56 Å². The molecule has 1 rings (SSSR count). The molecule has 19 heavy (non-hydrogen) atoms. The van der Waals surface area contributed by atoms with Gasteiger partial charge in [-0.2, -0.15) is 0 Å². The maximum absolute atomic E-state index is 10.9. The van der Waals surface area contributed by atoms with E-state index in [4.69, 9.17) is 9.47 Å². The zero-order valence-electron chi connectivity index (χ0n) is 11.3. The molecule has 0 aliphatic carbocycles. The fourth-order valence-electron chi connectivity index (χ4n) is 1.39. The van der Waals surface area contributed by atoms with E-state index in [1.54, 1.807) is 31.5 Å². The van der Waals surface area contributed by atoms with Crippen molar-refractivity contribution in [1.82, 2.24) is 4.90 Å². The number of ether oxygens (including phenoxy) is 2. The average Bonchev–Trinajstić information content (AvgIpc) is 2.36. The SMILES string of the molecule is COCCOc1ccc([N+](=O)[O-])c(/C=C/N(C)C)c1. The fourth-order valence-corrected chi connectivity index (χ4v) is 1.39. The van der Waals surface area contributed by atoms with E-state index in [-0.39, 0.29) is 5.69 Å². The predicted octanol–water partition coefficient (Wildman–Crippen LogP) is 2.15. The molecular formula is C13H18N2O4. The molecule has 6 heteroatoms. The van der Waals surface area contributed by atoms with E-state index >= 15 is 0 Å². The van der Waals surface area contributed by atoms with Crippen molar-refractivity contribution in [2.24, 2.45) is 0 Å². The Kier molecular flexibility index (Phi) is 5.81. The summed E-state index contributed by atoms with van der Waals surface area (Å²) >= 11 is 0. The Morgan fingerprint density at radius 2 is 2.11 bits per heavy atom. The van der Waals surface area contributed by atoms with Gasteiger partial charge in [-0.15, -0.1) is 0 Å². The van der Waals surface area contributed by atoms with Crippen molar-refractivity contribution in [3.63, 3.8) is 0 Å². The number of rotatable bonds is 7. The first-order valence-corrected chi connectivity index (χ1v) is 5.79. The van der Waals surface area contributed by atoms with Gasteiger partial charge in [-0.1, -0.05) is 0 Å². The summed E-state index contributed by atoms with van der Waals surface area (Å²) in [5.41, 5.74) is 0.561. The molecule has 0 aromatic heterocycles. The lowest BCUT2D eigenvalue weighted by Gasteiger charge is -2.07. The van der Waals surface area contributed by atoms with Gasteiger partial charge in [0.15, 0.2) is 0 Å². The van der Waals surface area contributed by atoms with Crippen LogP contribution in [0.5, 0.6) is 5.75 Å². The molecule has 0 atom stereocenters. The van der Waals surface area contributed by atoms with Crippen LogP contribution in [0.15, 0.2) is 24.4 Å². The van der Waals surface area contributed by atoms with Crippen LogP contribution >= 0.6 is 0 Å². The van der Waals surface area contributed by atoms with Gasteiger partial charge in [-0.05, 0) is 24.4 Å². The molecule has 1 aromatic carbocycles. The van der Waals surface area contributed by atoms with Crippen LogP contribution in [0.25, 0.3) is 6.08 Å². The minimum absolute atomic E-state index is 0.0530. The van der Waals surface area contributed by atoms with Crippen molar-refractivity contribution < 1.29 is 14.4 Å². The van der Waals surface area contributed by atoms with Crippen LogP contribution in [-0.4, -0.2) is 44.2 Å². The Bertz CT molecular complexity index is 458. The molecule has 0 N–H and O–H groups in total. The second kappa shape index (κ2) is 7.38. The molecule has 0 saturated carbocycles. The lowest BCUT2D eigenvalue weighted by Crippen LogP contribution is -2.05. The second-order valence-corrected chi connectivity index (χ2v) is 4.10. The molecule has 1 aromatic rings.